The van der Waals surface area contributed by atoms with Gasteiger partial charge in [0.2, 0.25) is 17.7 Å². The first-order valence-electron chi connectivity index (χ1n) is 23.2. The maximum atomic E-state index is 13.2. The lowest BCUT2D eigenvalue weighted by Crippen LogP contribution is -2.54. The first-order valence-corrected chi connectivity index (χ1v) is 23.2. The van der Waals surface area contributed by atoms with Crippen LogP contribution in [-0.2, 0) is 27.2 Å². The highest BCUT2D eigenvalue weighted by atomic mass is 16.2. The number of carbonyl (C=O) groups is 5. The number of nitrogens with zero attached hydrogens (tertiary/aromatic N) is 8. The lowest BCUT2D eigenvalue weighted by molar-refractivity contribution is -0.136. The molecule has 336 valence electrons. The van der Waals surface area contributed by atoms with Gasteiger partial charge in [-0.1, -0.05) is 36.4 Å². The molecule has 1 aliphatic carbocycles. The fourth-order valence-corrected chi connectivity index (χ4v) is 10.3. The van der Waals surface area contributed by atoms with E-state index in [1.54, 1.807) is 18.5 Å². The lowest BCUT2D eigenvalue weighted by atomic mass is 9.86. The number of piperidine rings is 2. The SMILES string of the molecule is O=C1CC[C@H](N2C(=O)c3ccc(CCCCN4CCC(N5CCN(c6ccc(Nc7ncnc8c7ncn8C7CC(NC(=O)Cc8ccccc8)C7)cc6)CC5)CC4)cc3C2=O)C(=O)N1. The number of benzene rings is 3. The van der Waals surface area contributed by atoms with Gasteiger partial charge in [-0.2, -0.15) is 0 Å². The van der Waals surface area contributed by atoms with Crippen LogP contribution in [0, 0.1) is 0 Å². The van der Waals surface area contributed by atoms with Gasteiger partial charge >= 0.3 is 0 Å². The Hall–Kier alpha value is -6.52. The summed E-state index contributed by atoms with van der Waals surface area (Å²) in [4.78, 5) is 85.4. The number of imidazole rings is 1. The number of piperazine rings is 1. The lowest BCUT2D eigenvalue weighted by Gasteiger charge is -2.43. The maximum absolute atomic E-state index is 13.2. The van der Waals surface area contributed by atoms with E-state index in [0.29, 0.717) is 29.4 Å². The standard InChI is InChI=1S/C49H55N11O5/c61-42-16-15-41(47(63)55-42)60-48(64)39-14-9-33(26-40(39)49(60)65)8-4-5-19-56-20-17-37(18-21-56)58-24-22-57(23-25-58)36-12-10-34(11-13-36)54-45-44-46(51-30-50-45)59(31-52-44)38-28-35(29-38)53-43(62)27-32-6-2-1-3-7-32/h1-3,6-7,9-14,26,30-31,35,37-38,41H,4-5,8,15-25,27-29H2,(H,53,62)(H,50,51,54)(H,55,61,63)/t35?,38?,41-/m0/s1. The van der Waals surface area contributed by atoms with Crippen molar-refractivity contribution in [1.29, 1.82) is 0 Å². The summed E-state index contributed by atoms with van der Waals surface area (Å²) < 4.78 is 2.11. The Bertz CT molecular complexity index is 2580. The summed E-state index contributed by atoms with van der Waals surface area (Å²) in [5.74, 6) is -1.17. The van der Waals surface area contributed by atoms with Gasteiger partial charge in [0.05, 0.1) is 23.9 Å². The number of nitrogens with one attached hydrogen (secondary N) is 3. The van der Waals surface area contributed by atoms with Crippen molar-refractivity contribution in [2.75, 3.05) is 56.0 Å². The number of rotatable bonds is 14. The molecule has 1 atom stereocenters. The van der Waals surface area contributed by atoms with Gasteiger partial charge in [-0.05, 0) is 119 Å². The Morgan fingerprint density at radius 2 is 1.52 bits per heavy atom. The van der Waals surface area contributed by atoms with E-state index in [0.717, 1.165) is 111 Å². The topological polar surface area (TPSA) is 178 Å². The predicted molar refractivity (Wildman–Crippen MR) is 245 cm³/mol. The molecule has 3 saturated heterocycles. The van der Waals surface area contributed by atoms with Crippen LogP contribution in [0.25, 0.3) is 11.2 Å². The maximum Gasteiger partial charge on any atom is 0.262 e. The van der Waals surface area contributed by atoms with Crippen molar-refractivity contribution in [1.82, 2.24) is 44.9 Å². The van der Waals surface area contributed by atoms with Gasteiger partial charge in [0.1, 0.15) is 12.4 Å². The number of hydrogen-bond donors (Lipinski definition) is 3. The molecule has 5 aliphatic rings. The van der Waals surface area contributed by atoms with Crippen LogP contribution < -0.4 is 20.9 Å². The molecule has 6 heterocycles. The number of hydrogen-bond acceptors (Lipinski definition) is 12. The van der Waals surface area contributed by atoms with Gasteiger partial charge in [-0.25, -0.2) is 15.0 Å². The van der Waals surface area contributed by atoms with Crippen LogP contribution >= 0.6 is 0 Å². The summed E-state index contributed by atoms with van der Waals surface area (Å²) in [6, 6.07) is 23.8. The van der Waals surface area contributed by atoms with Gasteiger partial charge in [-0.3, -0.25) is 39.1 Å². The number of imide groups is 2. The van der Waals surface area contributed by atoms with Crippen LogP contribution in [0.1, 0.15) is 89.3 Å². The highest BCUT2D eigenvalue weighted by molar-refractivity contribution is 6.23. The Labute approximate surface area is 377 Å². The first kappa shape index (κ1) is 42.4. The molecule has 0 radical (unpaired) electrons. The Morgan fingerprint density at radius 3 is 2.29 bits per heavy atom. The third-order valence-corrected chi connectivity index (χ3v) is 14.0. The van der Waals surface area contributed by atoms with Crippen molar-refractivity contribution in [2.45, 2.75) is 88.4 Å². The van der Waals surface area contributed by atoms with Crippen LogP contribution in [0.3, 0.4) is 0 Å². The molecule has 2 aromatic heterocycles. The molecule has 16 heteroatoms. The summed E-state index contributed by atoms with van der Waals surface area (Å²) in [5.41, 5.74) is 6.37. The Morgan fingerprint density at radius 1 is 0.754 bits per heavy atom. The Kier molecular flexibility index (Phi) is 12.1. The van der Waals surface area contributed by atoms with E-state index >= 15 is 0 Å². The highest BCUT2D eigenvalue weighted by Crippen LogP contribution is 2.36. The number of aryl methyl sites for hydroxylation is 1. The molecule has 4 aliphatic heterocycles. The average Bonchev–Trinajstić information content (AvgIpc) is 3.85. The number of likely N-dealkylation sites (tertiary alicyclic amines) is 1. The van der Waals surface area contributed by atoms with Crippen molar-refractivity contribution in [3.8, 4) is 0 Å². The van der Waals surface area contributed by atoms with Crippen LogP contribution in [-0.4, -0.2) is 128 Å². The summed E-state index contributed by atoms with van der Waals surface area (Å²) in [6.07, 6.45) is 10.9. The largest absolute Gasteiger partial charge is 0.369 e. The number of anilines is 3. The van der Waals surface area contributed by atoms with Gasteiger partial charge < -0.3 is 25.0 Å². The van der Waals surface area contributed by atoms with Crippen molar-refractivity contribution in [3.63, 3.8) is 0 Å². The Balaban J connectivity index is 0.635. The molecule has 0 unspecified atom stereocenters. The second-order valence-corrected chi connectivity index (χ2v) is 18.2. The summed E-state index contributed by atoms with van der Waals surface area (Å²) >= 11 is 0. The number of amides is 5. The minimum Gasteiger partial charge on any atom is -0.369 e. The van der Waals surface area contributed by atoms with Gasteiger partial charge in [0.15, 0.2) is 17.0 Å². The fourth-order valence-electron chi connectivity index (χ4n) is 10.3. The second kappa shape index (κ2) is 18.5. The van der Waals surface area contributed by atoms with E-state index in [1.165, 1.54) is 18.5 Å². The fraction of sp³-hybridized carbons (Fsp3) is 0.429. The zero-order valence-corrected chi connectivity index (χ0v) is 36.5. The zero-order valence-electron chi connectivity index (χ0n) is 36.5. The summed E-state index contributed by atoms with van der Waals surface area (Å²) in [5, 5.41) is 8.89. The molecule has 0 bridgehead atoms. The quantitative estimate of drug-likeness (QED) is 0.104. The summed E-state index contributed by atoms with van der Waals surface area (Å²) in [7, 11) is 0. The molecule has 3 N–H and O–H groups in total. The molecule has 5 amide bonds. The van der Waals surface area contributed by atoms with E-state index in [2.05, 4.69) is 69.5 Å². The van der Waals surface area contributed by atoms with Crippen LogP contribution in [0.4, 0.5) is 17.2 Å². The van der Waals surface area contributed by atoms with Crippen LogP contribution in [0.15, 0.2) is 85.5 Å². The number of carbonyl (C=O) groups excluding carboxylic acids is 5. The first-order chi connectivity index (χ1) is 31.7. The zero-order chi connectivity index (χ0) is 44.4. The minimum absolute atomic E-state index is 0.0499. The molecule has 10 rings (SSSR count). The van der Waals surface area contributed by atoms with Gasteiger partial charge in [0.25, 0.3) is 11.8 Å². The third-order valence-electron chi connectivity index (χ3n) is 14.0. The predicted octanol–water partition coefficient (Wildman–Crippen LogP) is 4.64. The van der Waals surface area contributed by atoms with E-state index in [-0.39, 0.29) is 36.7 Å². The normalized spacial score (nSPS) is 21.9. The number of aromatic nitrogens is 4. The molecule has 3 aromatic carbocycles. The van der Waals surface area contributed by atoms with Crippen molar-refractivity contribution < 1.29 is 24.0 Å². The van der Waals surface area contributed by atoms with E-state index in [9.17, 15) is 24.0 Å². The van der Waals surface area contributed by atoms with Crippen molar-refractivity contribution in [3.05, 3.63) is 108 Å². The smallest absolute Gasteiger partial charge is 0.262 e. The third kappa shape index (κ3) is 9.09. The minimum atomic E-state index is -0.948. The highest BCUT2D eigenvalue weighted by Gasteiger charge is 2.44. The summed E-state index contributed by atoms with van der Waals surface area (Å²) in [6.45, 7) is 7.32. The van der Waals surface area contributed by atoms with Crippen molar-refractivity contribution >= 4 is 57.9 Å². The molecule has 1 saturated carbocycles. The molecule has 5 aromatic rings. The van der Waals surface area contributed by atoms with E-state index < -0.39 is 23.8 Å². The van der Waals surface area contributed by atoms with Gasteiger partial charge in [-0.15, -0.1) is 0 Å². The van der Waals surface area contributed by atoms with Gasteiger partial charge in [0, 0.05) is 62.1 Å². The molecular weight excluding hydrogens is 823 g/mol. The van der Waals surface area contributed by atoms with Crippen molar-refractivity contribution in [2.24, 2.45) is 0 Å². The number of fused-ring (bicyclic) bond motifs is 2. The molecular formula is C49H55N11O5. The molecule has 16 nitrogen and oxygen atoms in total. The van der Waals surface area contributed by atoms with E-state index in [1.807, 2.05) is 42.7 Å². The monoisotopic (exact) mass is 877 g/mol. The van der Waals surface area contributed by atoms with Crippen LogP contribution in [0.2, 0.25) is 0 Å². The molecule has 65 heavy (non-hydrogen) atoms. The average molecular weight is 878 g/mol. The molecule has 4 fully saturated rings. The molecule has 0 spiro atoms. The second-order valence-electron chi connectivity index (χ2n) is 18.2. The van der Waals surface area contributed by atoms with Crippen LogP contribution in [0.5, 0.6) is 0 Å². The number of unbranched alkanes of at least 4 members (excludes halogenated alkanes) is 1. The van der Waals surface area contributed by atoms with E-state index in [4.69, 9.17) is 4.98 Å².